The number of carbonyl (C=O) groups is 1. The third kappa shape index (κ3) is 5.41. The number of pyridine rings is 1. The van der Waals surface area contributed by atoms with E-state index in [9.17, 15) is 13.2 Å². The number of amides is 1. The van der Waals surface area contributed by atoms with Crippen molar-refractivity contribution in [3.8, 4) is 0 Å². The van der Waals surface area contributed by atoms with Gasteiger partial charge in [0, 0.05) is 34.4 Å². The quantitative estimate of drug-likeness (QED) is 0.554. The number of rotatable bonds is 6. The molecule has 150 valence electrons. The van der Waals surface area contributed by atoms with Crippen molar-refractivity contribution in [1.29, 1.82) is 0 Å². The summed E-state index contributed by atoms with van der Waals surface area (Å²) in [6, 6.07) is 8.84. The lowest BCUT2D eigenvalue weighted by Gasteiger charge is -2.10. The molecule has 0 bridgehead atoms. The lowest BCUT2D eigenvalue weighted by Crippen LogP contribution is -2.16. The molecule has 0 fully saturated rings. The Bertz CT molecular complexity index is 1120. The first-order valence-corrected chi connectivity index (χ1v) is 10.5. The predicted octanol–water partition coefficient (Wildman–Crippen LogP) is 3.47. The van der Waals surface area contributed by atoms with Crippen LogP contribution in [0, 0.1) is 6.92 Å². The van der Waals surface area contributed by atoms with E-state index < -0.39 is 10.0 Å². The maximum Gasteiger partial charge on any atom is 0.264 e. The van der Waals surface area contributed by atoms with E-state index in [1.54, 1.807) is 19.1 Å². The number of sulfonamides is 1. The number of anilines is 2. The summed E-state index contributed by atoms with van der Waals surface area (Å²) < 4.78 is 27.0. The maximum absolute atomic E-state index is 12.4. The molecule has 1 aromatic carbocycles. The molecule has 0 radical (unpaired) electrons. The number of aromatic nitrogens is 3. The van der Waals surface area contributed by atoms with Crippen LogP contribution in [0.15, 0.2) is 53.7 Å². The number of nitrogens with one attached hydrogen (secondary N) is 2. The van der Waals surface area contributed by atoms with Crippen molar-refractivity contribution in [2.75, 3.05) is 10.0 Å². The molecule has 0 aliphatic carbocycles. The van der Waals surface area contributed by atoms with Crippen molar-refractivity contribution in [3.63, 3.8) is 0 Å². The van der Waals surface area contributed by atoms with Crippen LogP contribution in [0.5, 0.6) is 0 Å². The van der Waals surface area contributed by atoms with Gasteiger partial charge in [-0.2, -0.15) is 0 Å². The Morgan fingerprint density at radius 1 is 1.10 bits per heavy atom. The topological polar surface area (TPSA) is 114 Å². The normalized spacial score (nSPS) is 11.1. The SMILES string of the molecule is Cc1cc(Cl)c(CC(=O)Nc2ccc(S(=O)(=O)Nc3ncccn3)cc2)c(Cl)n1. The zero-order valence-corrected chi connectivity index (χ0v) is 17.4. The van der Waals surface area contributed by atoms with Crippen LogP contribution < -0.4 is 10.0 Å². The first-order valence-electron chi connectivity index (χ1n) is 8.26. The number of aryl methyl sites for hydroxylation is 1. The average Bonchev–Trinajstić information content (AvgIpc) is 2.65. The van der Waals surface area contributed by atoms with Crippen LogP contribution in [0.25, 0.3) is 0 Å². The van der Waals surface area contributed by atoms with Crippen LogP contribution in [0.1, 0.15) is 11.3 Å². The second-order valence-electron chi connectivity index (χ2n) is 5.94. The van der Waals surface area contributed by atoms with Gasteiger partial charge in [-0.05, 0) is 43.3 Å². The van der Waals surface area contributed by atoms with Crippen molar-refractivity contribution >= 4 is 50.8 Å². The van der Waals surface area contributed by atoms with Crippen LogP contribution in [-0.2, 0) is 21.2 Å². The van der Waals surface area contributed by atoms with Crippen molar-refractivity contribution in [2.45, 2.75) is 18.2 Å². The van der Waals surface area contributed by atoms with Gasteiger partial charge in [-0.3, -0.25) is 4.79 Å². The first-order chi connectivity index (χ1) is 13.7. The summed E-state index contributed by atoms with van der Waals surface area (Å²) in [5.41, 5.74) is 1.48. The highest BCUT2D eigenvalue weighted by atomic mass is 35.5. The summed E-state index contributed by atoms with van der Waals surface area (Å²) in [7, 11) is -3.85. The molecule has 1 amide bonds. The molecule has 8 nitrogen and oxygen atoms in total. The summed E-state index contributed by atoms with van der Waals surface area (Å²) >= 11 is 12.2. The Labute approximate surface area is 177 Å². The van der Waals surface area contributed by atoms with Crippen molar-refractivity contribution in [3.05, 3.63) is 70.2 Å². The number of carbonyl (C=O) groups excluding carboxylic acids is 1. The van der Waals surface area contributed by atoms with E-state index in [-0.39, 0.29) is 28.3 Å². The van der Waals surface area contributed by atoms with Gasteiger partial charge in [0.2, 0.25) is 11.9 Å². The highest BCUT2D eigenvalue weighted by molar-refractivity contribution is 7.92. The molecule has 2 N–H and O–H groups in total. The molecule has 3 rings (SSSR count). The largest absolute Gasteiger partial charge is 0.326 e. The summed E-state index contributed by atoms with van der Waals surface area (Å²) in [6.07, 6.45) is 2.77. The predicted molar refractivity (Wildman–Crippen MR) is 111 cm³/mol. The maximum atomic E-state index is 12.4. The Balaban J connectivity index is 1.68. The lowest BCUT2D eigenvalue weighted by molar-refractivity contribution is -0.115. The van der Waals surface area contributed by atoms with Crippen molar-refractivity contribution in [2.24, 2.45) is 0 Å². The molecule has 0 unspecified atom stereocenters. The Morgan fingerprint density at radius 2 is 1.76 bits per heavy atom. The third-order valence-electron chi connectivity index (χ3n) is 3.72. The molecule has 11 heteroatoms. The van der Waals surface area contributed by atoms with E-state index in [0.717, 1.165) is 0 Å². The molecule has 0 spiro atoms. The van der Waals surface area contributed by atoms with Crippen LogP contribution in [-0.4, -0.2) is 29.3 Å². The molecule has 2 heterocycles. The van der Waals surface area contributed by atoms with Crippen LogP contribution in [0.3, 0.4) is 0 Å². The molecule has 0 saturated heterocycles. The number of hydrogen-bond acceptors (Lipinski definition) is 6. The smallest absolute Gasteiger partial charge is 0.264 e. The second-order valence-corrected chi connectivity index (χ2v) is 8.39. The highest BCUT2D eigenvalue weighted by Gasteiger charge is 2.16. The highest BCUT2D eigenvalue weighted by Crippen LogP contribution is 2.25. The molecule has 0 atom stereocenters. The van der Waals surface area contributed by atoms with Gasteiger partial charge in [-0.15, -0.1) is 0 Å². The van der Waals surface area contributed by atoms with Crippen LogP contribution in [0.4, 0.5) is 11.6 Å². The average molecular weight is 452 g/mol. The standard InChI is InChI=1S/C18H15Cl2N5O3S/c1-11-9-15(19)14(17(20)23-11)10-16(26)24-12-3-5-13(6-4-12)29(27,28)25-18-21-7-2-8-22-18/h2-9H,10H2,1H3,(H,24,26)(H,21,22,25). The molecule has 3 aromatic rings. The number of benzene rings is 1. The van der Waals surface area contributed by atoms with E-state index in [4.69, 9.17) is 23.2 Å². The van der Waals surface area contributed by atoms with E-state index in [1.807, 2.05) is 0 Å². The first kappa shape index (κ1) is 21.0. The van der Waals surface area contributed by atoms with Gasteiger partial charge in [-0.1, -0.05) is 23.2 Å². The molecular formula is C18H15Cl2N5O3S. The van der Waals surface area contributed by atoms with E-state index in [0.29, 0.717) is 22.0 Å². The van der Waals surface area contributed by atoms with E-state index in [2.05, 4.69) is 25.0 Å². The van der Waals surface area contributed by atoms with Gasteiger partial charge in [0.15, 0.2) is 0 Å². The lowest BCUT2D eigenvalue weighted by atomic mass is 10.2. The molecule has 29 heavy (non-hydrogen) atoms. The van der Waals surface area contributed by atoms with Crippen LogP contribution in [0.2, 0.25) is 10.2 Å². The zero-order chi connectivity index (χ0) is 21.0. The summed E-state index contributed by atoms with van der Waals surface area (Å²) in [5, 5.41) is 3.19. The third-order valence-corrected chi connectivity index (χ3v) is 5.72. The minimum atomic E-state index is -3.85. The summed E-state index contributed by atoms with van der Waals surface area (Å²) in [5.74, 6) is -0.406. The summed E-state index contributed by atoms with van der Waals surface area (Å²) in [6.45, 7) is 1.75. The number of hydrogen-bond donors (Lipinski definition) is 2. The van der Waals surface area contributed by atoms with Crippen molar-refractivity contribution in [1.82, 2.24) is 15.0 Å². The fourth-order valence-electron chi connectivity index (χ4n) is 2.40. The van der Waals surface area contributed by atoms with Crippen molar-refractivity contribution < 1.29 is 13.2 Å². The fourth-order valence-corrected chi connectivity index (χ4v) is 4.02. The Morgan fingerprint density at radius 3 is 2.38 bits per heavy atom. The van der Waals surface area contributed by atoms with Gasteiger partial charge in [-0.25, -0.2) is 28.1 Å². The molecule has 0 saturated carbocycles. The Hall–Kier alpha value is -2.75. The molecule has 0 aliphatic heterocycles. The van der Waals surface area contributed by atoms with E-state index in [1.165, 1.54) is 36.7 Å². The van der Waals surface area contributed by atoms with Crippen LogP contribution >= 0.6 is 23.2 Å². The van der Waals surface area contributed by atoms with Gasteiger partial charge >= 0.3 is 0 Å². The number of nitrogens with zero attached hydrogens (tertiary/aromatic N) is 3. The fraction of sp³-hybridized carbons (Fsp3) is 0.111. The molecular weight excluding hydrogens is 437 g/mol. The molecule has 0 aliphatic rings. The summed E-state index contributed by atoms with van der Waals surface area (Å²) in [4.78, 5) is 24.0. The second kappa shape index (κ2) is 8.73. The minimum absolute atomic E-state index is 0.00299. The van der Waals surface area contributed by atoms with Gasteiger partial charge in [0.05, 0.1) is 11.3 Å². The monoisotopic (exact) mass is 451 g/mol. The molecule has 2 aromatic heterocycles. The van der Waals surface area contributed by atoms with Gasteiger partial charge < -0.3 is 5.32 Å². The zero-order valence-electron chi connectivity index (χ0n) is 15.1. The number of halogens is 2. The Kier molecular flexibility index (Phi) is 6.31. The van der Waals surface area contributed by atoms with E-state index >= 15 is 0 Å². The minimum Gasteiger partial charge on any atom is -0.326 e. The van der Waals surface area contributed by atoms with Gasteiger partial charge in [0.1, 0.15) is 5.15 Å². The van der Waals surface area contributed by atoms with Gasteiger partial charge in [0.25, 0.3) is 10.0 Å².